The van der Waals surface area contributed by atoms with Crippen molar-refractivity contribution >= 4 is 0 Å². The van der Waals surface area contributed by atoms with Crippen molar-refractivity contribution in [2.75, 3.05) is 26.2 Å². The fourth-order valence-corrected chi connectivity index (χ4v) is 3.16. The van der Waals surface area contributed by atoms with Crippen LogP contribution in [-0.4, -0.2) is 37.1 Å². The zero-order chi connectivity index (χ0) is 14.3. The standard InChI is InChI=1S/C17H36N2/c1-6-11-18-16(17(3,4)5)10-13-19-12-8-9-15(7-2)14-19/h15-16,18H,6-14H2,1-5H3. The van der Waals surface area contributed by atoms with Crippen LogP contribution < -0.4 is 5.32 Å². The molecule has 1 N–H and O–H groups in total. The van der Waals surface area contributed by atoms with Crippen LogP contribution in [0.1, 0.15) is 66.7 Å². The fraction of sp³-hybridized carbons (Fsp3) is 1.00. The second kappa shape index (κ2) is 8.26. The topological polar surface area (TPSA) is 15.3 Å². The molecule has 0 amide bonds. The Balaban J connectivity index is 2.38. The molecule has 1 fully saturated rings. The third kappa shape index (κ3) is 6.27. The molecule has 2 atom stereocenters. The average Bonchev–Trinajstić information content (AvgIpc) is 2.37. The molecule has 1 aliphatic heterocycles. The highest BCUT2D eigenvalue weighted by molar-refractivity contribution is 4.82. The highest BCUT2D eigenvalue weighted by atomic mass is 15.1. The van der Waals surface area contributed by atoms with E-state index in [1.807, 2.05) is 0 Å². The summed E-state index contributed by atoms with van der Waals surface area (Å²) in [6.45, 7) is 16.8. The molecule has 0 aromatic heterocycles. The summed E-state index contributed by atoms with van der Waals surface area (Å²) < 4.78 is 0. The molecule has 0 saturated carbocycles. The lowest BCUT2D eigenvalue weighted by Crippen LogP contribution is -2.44. The maximum atomic E-state index is 3.75. The SMILES string of the molecule is CCCNC(CCN1CCCC(CC)C1)C(C)(C)C. The van der Waals surface area contributed by atoms with Crippen molar-refractivity contribution in [2.45, 2.75) is 72.8 Å². The predicted molar refractivity (Wildman–Crippen MR) is 85.6 cm³/mol. The molecule has 1 aliphatic rings. The largest absolute Gasteiger partial charge is 0.313 e. The molecule has 2 nitrogen and oxygen atoms in total. The maximum absolute atomic E-state index is 3.75. The number of nitrogens with zero attached hydrogens (tertiary/aromatic N) is 1. The van der Waals surface area contributed by atoms with Gasteiger partial charge in [0.15, 0.2) is 0 Å². The van der Waals surface area contributed by atoms with Gasteiger partial charge in [-0.1, -0.05) is 41.0 Å². The molecular weight excluding hydrogens is 232 g/mol. The Labute approximate surface area is 121 Å². The van der Waals surface area contributed by atoms with Gasteiger partial charge in [0.2, 0.25) is 0 Å². The van der Waals surface area contributed by atoms with Crippen molar-refractivity contribution in [3.05, 3.63) is 0 Å². The van der Waals surface area contributed by atoms with Gasteiger partial charge in [0.1, 0.15) is 0 Å². The van der Waals surface area contributed by atoms with Crippen LogP contribution in [0.2, 0.25) is 0 Å². The van der Waals surface area contributed by atoms with Gasteiger partial charge in [-0.25, -0.2) is 0 Å². The van der Waals surface area contributed by atoms with Crippen molar-refractivity contribution in [3.63, 3.8) is 0 Å². The summed E-state index contributed by atoms with van der Waals surface area (Å²) >= 11 is 0. The van der Waals surface area contributed by atoms with Crippen LogP contribution in [0, 0.1) is 11.3 Å². The molecule has 0 aromatic carbocycles. The van der Waals surface area contributed by atoms with Crippen molar-refractivity contribution in [2.24, 2.45) is 11.3 Å². The zero-order valence-electron chi connectivity index (χ0n) is 14.0. The Kier molecular flexibility index (Phi) is 7.38. The third-order valence-electron chi connectivity index (χ3n) is 4.60. The lowest BCUT2D eigenvalue weighted by molar-refractivity contribution is 0.149. The van der Waals surface area contributed by atoms with E-state index in [9.17, 15) is 0 Å². The van der Waals surface area contributed by atoms with Gasteiger partial charge in [-0.2, -0.15) is 0 Å². The van der Waals surface area contributed by atoms with Crippen molar-refractivity contribution in [3.8, 4) is 0 Å². The van der Waals surface area contributed by atoms with Crippen LogP contribution in [0.15, 0.2) is 0 Å². The summed E-state index contributed by atoms with van der Waals surface area (Å²) in [4.78, 5) is 2.70. The number of rotatable bonds is 7. The number of hydrogen-bond acceptors (Lipinski definition) is 2. The van der Waals surface area contributed by atoms with Crippen LogP contribution in [0.3, 0.4) is 0 Å². The van der Waals surface area contributed by atoms with Crippen LogP contribution in [0.25, 0.3) is 0 Å². The Morgan fingerprint density at radius 3 is 2.58 bits per heavy atom. The molecule has 114 valence electrons. The van der Waals surface area contributed by atoms with Crippen LogP contribution in [0.5, 0.6) is 0 Å². The molecule has 1 saturated heterocycles. The summed E-state index contributed by atoms with van der Waals surface area (Å²) in [5.74, 6) is 0.949. The second-order valence-corrected chi connectivity index (χ2v) is 7.38. The summed E-state index contributed by atoms with van der Waals surface area (Å²) in [5, 5.41) is 3.75. The van der Waals surface area contributed by atoms with Gasteiger partial charge in [-0.15, -0.1) is 0 Å². The maximum Gasteiger partial charge on any atom is 0.0128 e. The quantitative estimate of drug-likeness (QED) is 0.753. The van der Waals surface area contributed by atoms with E-state index < -0.39 is 0 Å². The third-order valence-corrected chi connectivity index (χ3v) is 4.60. The molecule has 19 heavy (non-hydrogen) atoms. The highest BCUT2D eigenvalue weighted by Crippen LogP contribution is 2.24. The molecule has 0 bridgehead atoms. The fourth-order valence-electron chi connectivity index (χ4n) is 3.16. The zero-order valence-corrected chi connectivity index (χ0v) is 14.0. The van der Waals surface area contributed by atoms with Gasteiger partial charge in [-0.05, 0) is 56.7 Å². The highest BCUT2D eigenvalue weighted by Gasteiger charge is 2.25. The molecular formula is C17H36N2. The Morgan fingerprint density at radius 1 is 1.26 bits per heavy atom. The van der Waals surface area contributed by atoms with Crippen LogP contribution in [0.4, 0.5) is 0 Å². The lowest BCUT2D eigenvalue weighted by atomic mass is 9.84. The molecule has 1 rings (SSSR count). The van der Waals surface area contributed by atoms with Gasteiger partial charge < -0.3 is 10.2 Å². The number of piperidine rings is 1. The van der Waals surface area contributed by atoms with E-state index in [1.54, 1.807) is 0 Å². The minimum atomic E-state index is 0.370. The molecule has 1 heterocycles. The first kappa shape index (κ1) is 17.0. The first-order chi connectivity index (χ1) is 8.97. The average molecular weight is 268 g/mol. The van der Waals surface area contributed by atoms with Crippen molar-refractivity contribution in [1.29, 1.82) is 0 Å². The molecule has 0 aromatic rings. The van der Waals surface area contributed by atoms with Crippen LogP contribution >= 0.6 is 0 Å². The molecule has 0 spiro atoms. The van der Waals surface area contributed by atoms with Gasteiger partial charge in [-0.3, -0.25) is 0 Å². The minimum Gasteiger partial charge on any atom is -0.313 e. The number of nitrogens with one attached hydrogen (secondary N) is 1. The summed E-state index contributed by atoms with van der Waals surface area (Å²) in [5.41, 5.74) is 0.370. The summed E-state index contributed by atoms with van der Waals surface area (Å²) in [6.07, 6.45) is 6.73. The lowest BCUT2D eigenvalue weighted by Gasteiger charge is -2.36. The van der Waals surface area contributed by atoms with E-state index in [0.29, 0.717) is 11.5 Å². The first-order valence-electron chi connectivity index (χ1n) is 8.43. The van der Waals surface area contributed by atoms with Crippen LogP contribution in [-0.2, 0) is 0 Å². The van der Waals surface area contributed by atoms with Gasteiger partial charge in [0.05, 0.1) is 0 Å². The van der Waals surface area contributed by atoms with Gasteiger partial charge in [0.25, 0.3) is 0 Å². The van der Waals surface area contributed by atoms with Gasteiger partial charge in [0, 0.05) is 12.6 Å². The molecule has 0 radical (unpaired) electrons. The van der Waals surface area contributed by atoms with Crippen molar-refractivity contribution < 1.29 is 0 Å². The minimum absolute atomic E-state index is 0.370. The Bertz CT molecular complexity index is 232. The van der Waals surface area contributed by atoms with E-state index in [0.717, 1.165) is 12.5 Å². The van der Waals surface area contributed by atoms with E-state index in [-0.39, 0.29) is 0 Å². The predicted octanol–water partition coefficient (Wildman–Crippen LogP) is 3.91. The molecule has 0 aliphatic carbocycles. The van der Waals surface area contributed by atoms with E-state index >= 15 is 0 Å². The normalized spacial score (nSPS) is 23.5. The molecule has 2 heteroatoms. The number of hydrogen-bond donors (Lipinski definition) is 1. The number of likely N-dealkylation sites (tertiary alicyclic amines) is 1. The Hall–Kier alpha value is -0.0800. The first-order valence-corrected chi connectivity index (χ1v) is 8.43. The van der Waals surface area contributed by atoms with Gasteiger partial charge >= 0.3 is 0 Å². The van der Waals surface area contributed by atoms with E-state index in [4.69, 9.17) is 0 Å². The summed E-state index contributed by atoms with van der Waals surface area (Å²) in [6, 6.07) is 0.648. The Morgan fingerprint density at radius 2 is 2.00 bits per heavy atom. The second-order valence-electron chi connectivity index (χ2n) is 7.38. The van der Waals surface area contributed by atoms with E-state index in [1.165, 1.54) is 51.7 Å². The smallest absolute Gasteiger partial charge is 0.0128 e. The molecule has 2 unspecified atom stereocenters. The van der Waals surface area contributed by atoms with Crippen molar-refractivity contribution in [1.82, 2.24) is 10.2 Å². The van der Waals surface area contributed by atoms with E-state index in [2.05, 4.69) is 44.8 Å². The monoisotopic (exact) mass is 268 g/mol. The summed E-state index contributed by atoms with van der Waals surface area (Å²) in [7, 11) is 0.